The van der Waals surface area contributed by atoms with Crippen molar-refractivity contribution in [3.05, 3.63) is 0 Å². The fraction of sp³-hybridized carbons (Fsp3) is 1.00. The first-order chi connectivity index (χ1) is 5.27. The molecule has 0 aromatic carbocycles. The Bertz CT molecular complexity index is 95.1. The molecule has 0 aliphatic carbocycles. The summed E-state index contributed by atoms with van der Waals surface area (Å²) in [4.78, 5) is 0. The Kier molecular flexibility index (Phi) is 8.08. The maximum Gasteiger partial charge on any atom is 0.301 e. The molecule has 2 N–H and O–H groups in total. The van der Waals surface area contributed by atoms with E-state index in [2.05, 4.69) is 9.50 Å². The number of rotatable bonds is 1. The largest absolute Gasteiger partial charge is 0.379 e. The van der Waals surface area contributed by atoms with Gasteiger partial charge >= 0.3 is 11.4 Å². The summed E-state index contributed by atoms with van der Waals surface area (Å²) in [6.45, 7) is 3.83. The van der Waals surface area contributed by atoms with Crippen LogP contribution in [0, 0.1) is 0 Å². The van der Waals surface area contributed by atoms with Crippen LogP contribution in [-0.2, 0) is 20.3 Å². The maximum atomic E-state index is 9.26. The van der Waals surface area contributed by atoms with Crippen LogP contribution in [0.3, 0.4) is 0 Å². The Morgan fingerprint density at radius 1 is 1.55 bits per heavy atom. The van der Waals surface area contributed by atoms with E-state index >= 15 is 0 Å². The van der Waals surface area contributed by atoms with Gasteiger partial charge in [0.2, 0.25) is 0 Å². The van der Waals surface area contributed by atoms with Gasteiger partial charge in [0.1, 0.15) is 0 Å². The van der Waals surface area contributed by atoms with Crippen molar-refractivity contribution in [2.75, 3.05) is 33.4 Å². The first kappa shape index (κ1) is 11.0. The molecule has 0 aromatic heterocycles. The summed E-state index contributed by atoms with van der Waals surface area (Å²) in [5.41, 5.74) is 0. The van der Waals surface area contributed by atoms with E-state index in [4.69, 9.17) is 9.29 Å². The first-order valence-corrected chi connectivity index (χ1v) is 4.24. The van der Waals surface area contributed by atoms with E-state index in [1.807, 2.05) is 0 Å². The summed E-state index contributed by atoms with van der Waals surface area (Å²) >= 11 is -2.07. The number of hydrogen-bond donors (Lipinski definition) is 2. The van der Waals surface area contributed by atoms with Crippen LogP contribution in [0.15, 0.2) is 0 Å². The molecule has 0 amide bonds. The molecule has 1 atom stereocenters. The monoisotopic (exact) mass is 183 g/mol. The lowest BCUT2D eigenvalue weighted by Gasteiger charge is -2.10. The smallest absolute Gasteiger partial charge is 0.301 e. The minimum absolute atomic E-state index is 0.889. The van der Waals surface area contributed by atoms with Crippen molar-refractivity contribution >= 4 is 11.4 Å². The van der Waals surface area contributed by atoms with E-state index in [1.165, 1.54) is 0 Å². The molecule has 1 saturated heterocycles. The molecule has 0 saturated carbocycles. The highest BCUT2D eigenvalue weighted by Crippen LogP contribution is 1.76. The molecule has 5 nitrogen and oxygen atoms in total. The Morgan fingerprint density at radius 3 is 2.09 bits per heavy atom. The van der Waals surface area contributed by atoms with Crippen molar-refractivity contribution in [3.8, 4) is 0 Å². The van der Waals surface area contributed by atoms with E-state index in [-0.39, 0.29) is 0 Å². The van der Waals surface area contributed by atoms with Gasteiger partial charge in [0.25, 0.3) is 0 Å². The van der Waals surface area contributed by atoms with Crippen LogP contribution in [0.1, 0.15) is 0 Å². The molecule has 68 valence electrons. The van der Waals surface area contributed by atoms with Gasteiger partial charge in [-0.15, -0.1) is 0 Å². The number of hydrogen-bond acceptors (Lipinski definition) is 4. The third-order valence-corrected chi connectivity index (χ3v) is 1.27. The van der Waals surface area contributed by atoms with Crippen LogP contribution in [0.2, 0.25) is 0 Å². The summed E-state index contributed by atoms with van der Waals surface area (Å²) in [7, 11) is 1.15. The van der Waals surface area contributed by atoms with E-state index < -0.39 is 11.4 Å². The van der Waals surface area contributed by atoms with Crippen LogP contribution in [0.25, 0.3) is 0 Å². The second-order valence-corrected chi connectivity index (χ2v) is 2.51. The summed E-state index contributed by atoms with van der Waals surface area (Å²) in [5, 5.41) is 3.16. The SMILES string of the molecule is C1COCCN1.COS(=O)O. The average Bonchev–Trinajstić information content (AvgIpc) is 2.09. The van der Waals surface area contributed by atoms with Crippen molar-refractivity contribution in [2.24, 2.45) is 0 Å². The van der Waals surface area contributed by atoms with Crippen LogP contribution < -0.4 is 5.32 Å². The fourth-order valence-corrected chi connectivity index (χ4v) is 0.516. The molecule has 1 aliphatic heterocycles. The third-order valence-electron chi connectivity index (χ3n) is 0.989. The van der Waals surface area contributed by atoms with E-state index in [0.29, 0.717) is 0 Å². The first-order valence-electron chi connectivity index (χ1n) is 3.21. The third kappa shape index (κ3) is 9.99. The maximum absolute atomic E-state index is 9.26. The molecular weight excluding hydrogens is 170 g/mol. The fourth-order valence-electron chi connectivity index (χ4n) is 0.516. The highest BCUT2D eigenvalue weighted by atomic mass is 32.2. The zero-order valence-electron chi connectivity index (χ0n) is 6.41. The summed E-state index contributed by atoms with van der Waals surface area (Å²) in [6.07, 6.45) is 0. The minimum atomic E-state index is -2.07. The van der Waals surface area contributed by atoms with E-state index in [1.54, 1.807) is 0 Å². The average molecular weight is 183 g/mol. The molecule has 1 aliphatic rings. The van der Waals surface area contributed by atoms with Crippen molar-refractivity contribution < 1.29 is 17.7 Å². The normalized spacial score (nSPS) is 19.8. The van der Waals surface area contributed by atoms with Crippen molar-refractivity contribution in [2.45, 2.75) is 0 Å². The topological polar surface area (TPSA) is 67.8 Å². The lowest BCUT2D eigenvalue weighted by molar-refractivity contribution is 0.109. The molecule has 1 heterocycles. The van der Waals surface area contributed by atoms with Gasteiger partial charge in [-0.2, -0.15) is 4.21 Å². The molecule has 0 radical (unpaired) electrons. The highest BCUT2D eigenvalue weighted by molar-refractivity contribution is 7.74. The lowest BCUT2D eigenvalue weighted by atomic mass is 10.5. The molecule has 1 unspecified atom stereocenters. The van der Waals surface area contributed by atoms with E-state index in [0.717, 1.165) is 33.4 Å². The summed E-state index contributed by atoms with van der Waals surface area (Å²) in [5.74, 6) is 0. The second-order valence-electron chi connectivity index (χ2n) is 1.75. The number of ether oxygens (including phenoxy) is 1. The van der Waals surface area contributed by atoms with Crippen LogP contribution in [0.5, 0.6) is 0 Å². The Morgan fingerprint density at radius 2 is 2.00 bits per heavy atom. The van der Waals surface area contributed by atoms with Crippen molar-refractivity contribution in [1.29, 1.82) is 0 Å². The molecule has 1 rings (SSSR count). The van der Waals surface area contributed by atoms with E-state index in [9.17, 15) is 4.21 Å². The zero-order chi connectivity index (χ0) is 8.53. The quantitative estimate of drug-likeness (QED) is 0.530. The Balaban J connectivity index is 0.000000187. The molecule has 1 fully saturated rings. The second kappa shape index (κ2) is 8.09. The molecule has 11 heavy (non-hydrogen) atoms. The van der Waals surface area contributed by atoms with Gasteiger partial charge < -0.3 is 10.1 Å². The Hall–Kier alpha value is -0.0100. The van der Waals surface area contributed by atoms with Gasteiger partial charge in [-0.1, -0.05) is 0 Å². The highest BCUT2D eigenvalue weighted by Gasteiger charge is 1.92. The van der Waals surface area contributed by atoms with Crippen LogP contribution in [-0.4, -0.2) is 42.2 Å². The minimum Gasteiger partial charge on any atom is -0.379 e. The zero-order valence-corrected chi connectivity index (χ0v) is 7.23. The molecule has 6 heteroatoms. The van der Waals surface area contributed by atoms with Gasteiger partial charge in [0, 0.05) is 13.1 Å². The standard InChI is InChI=1S/C4H9NO.CH4O3S/c1-3-6-4-2-5-1;1-4-5(2)3/h5H,1-4H2;1H3,(H,2,3). The molecule has 0 bridgehead atoms. The predicted octanol–water partition coefficient (Wildman–Crippen LogP) is -0.624. The van der Waals surface area contributed by atoms with Gasteiger partial charge in [0.15, 0.2) is 0 Å². The molecular formula is C5H13NO4S. The number of nitrogens with one attached hydrogen (secondary N) is 1. The predicted molar refractivity (Wildman–Crippen MR) is 41.5 cm³/mol. The van der Waals surface area contributed by atoms with Gasteiger partial charge in [-0.05, 0) is 0 Å². The number of morpholine rings is 1. The van der Waals surface area contributed by atoms with Crippen molar-refractivity contribution in [3.63, 3.8) is 0 Å². The Labute approximate surface area is 68.6 Å². The van der Waals surface area contributed by atoms with Gasteiger partial charge in [0.05, 0.1) is 20.3 Å². The van der Waals surface area contributed by atoms with Crippen LogP contribution in [0.4, 0.5) is 0 Å². The van der Waals surface area contributed by atoms with Gasteiger partial charge in [-0.3, -0.25) is 8.74 Å². The molecule has 0 spiro atoms. The summed E-state index contributed by atoms with van der Waals surface area (Å²) < 4.78 is 25.7. The van der Waals surface area contributed by atoms with Gasteiger partial charge in [-0.25, -0.2) is 0 Å². The lowest BCUT2D eigenvalue weighted by Crippen LogP contribution is -2.30. The molecule has 0 aromatic rings. The van der Waals surface area contributed by atoms with Crippen LogP contribution >= 0.6 is 0 Å². The van der Waals surface area contributed by atoms with Crippen molar-refractivity contribution in [1.82, 2.24) is 5.32 Å². The summed E-state index contributed by atoms with van der Waals surface area (Å²) in [6, 6.07) is 0.